The fourth-order valence-electron chi connectivity index (χ4n) is 9.20. The van der Waals surface area contributed by atoms with Crippen LogP contribution in [0.3, 0.4) is 0 Å². The van der Waals surface area contributed by atoms with Crippen LogP contribution >= 0.6 is 11.8 Å². The van der Waals surface area contributed by atoms with Crippen LogP contribution in [0.25, 0.3) is 111 Å². The van der Waals surface area contributed by atoms with Crippen LogP contribution in [0, 0.1) is 0 Å². The van der Waals surface area contributed by atoms with Crippen LogP contribution in [0.5, 0.6) is 0 Å². The standard InChI is InChI=1S/C53H31N5S/c1-2-14-39(15-3-1)57-44-19-9-8-17-42(44)48-43-18-10-20-47-49(43)58(53(48)57)45-31-38(26-28-46(45)59-47)52-55-50(36-24-21-32-11-4-5-13-34(32)29-36)54-51(56-52)37-25-27-41-35(30-37)23-22-33-12-6-7-16-40(33)41/h1-31H. The molecular weight excluding hydrogens is 739 g/mol. The van der Waals surface area contributed by atoms with E-state index in [1.54, 1.807) is 0 Å². The second-order valence-corrected chi connectivity index (χ2v) is 16.3. The van der Waals surface area contributed by atoms with Gasteiger partial charge in [0.2, 0.25) is 0 Å². The van der Waals surface area contributed by atoms with Crippen molar-refractivity contribution in [2.45, 2.75) is 9.79 Å². The Morgan fingerprint density at radius 3 is 1.80 bits per heavy atom. The lowest BCUT2D eigenvalue weighted by Crippen LogP contribution is -2.06. The summed E-state index contributed by atoms with van der Waals surface area (Å²) in [4.78, 5) is 18.2. The third-order valence-corrected chi connectivity index (χ3v) is 13.0. The van der Waals surface area contributed by atoms with Crippen LogP contribution in [0.2, 0.25) is 0 Å². The summed E-state index contributed by atoms with van der Waals surface area (Å²) in [6.45, 7) is 0. The van der Waals surface area contributed by atoms with E-state index in [-0.39, 0.29) is 0 Å². The van der Waals surface area contributed by atoms with Crippen molar-refractivity contribution in [1.82, 2.24) is 24.1 Å². The summed E-state index contributed by atoms with van der Waals surface area (Å²) in [6.07, 6.45) is 0. The Morgan fingerprint density at radius 2 is 0.966 bits per heavy atom. The molecule has 0 radical (unpaired) electrons. The smallest absolute Gasteiger partial charge is 0.164 e. The van der Waals surface area contributed by atoms with Gasteiger partial charge in [-0.15, -0.1) is 0 Å². The first kappa shape index (κ1) is 32.5. The van der Waals surface area contributed by atoms with Gasteiger partial charge in [-0.3, -0.25) is 9.13 Å². The van der Waals surface area contributed by atoms with Gasteiger partial charge in [0.05, 0.1) is 16.7 Å². The van der Waals surface area contributed by atoms with Gasteiger partial charge in [-0.05, 0) is 86.9 Å². The first-order chi connectivity index (χ1) is 29.2. The van der Waals surface area contributed by atoms with Gasteiger partial charge >= 0.3 is 0 Å². The third kappa shape index (κ3) is 4.90. The van der Waals surface area contributed by atoms with Crippen molar-refractivity contribution < 1.29 is 0 Å². The van der Waals surface area contributed by atoms with Crippen molar-refractivity contribution >= 4 is 76.9 Å². The Morgan fingerprint density at radius 1 is 0.373 bits per heavy atom. The van der Waals surface area contributed by atoms with E-state index in [1.807, 2.05) is 11.8 Å². The van der Waals surface area contributed by atoms with Crippen molar-refractivity contribution in [3.05, 3.63) is 188 Å². The zero-order valence-corrected chi connectivity index (χ0v) is 32.4. The Hall–Kier alpha value is -7.54. The van der Waals surface area contributed by atoms with E-state index in [0.717, 1.165) is 44.5 Å². The summed E-state index contributed by atoms with van der Waals surface area (Å²) in [6, 6.07) is 67.2. The molecule has 13 rings (SSSR count). The minimum Gasteiger partial charge on any atom is -0.295 e. The van der Waals surface area contributed by atoms with Gasteiger partial charge in [-0.1, -0.05) is 145 Å². The van der Waals surface area contributed by atoms with Crippen LogP contribution in [-0.2, 0) is 0 Å². The average molecular weight is 770 g/mol. The number of hydrogen-bond acceptors (Lipinski definition) is 4. The Bertz CT molecular complexity index is 3710. The van der Waals surface area contributed by atoms with E-state index >= 15 is 0 Å². The molecule has 9 aromatic carbocycles. The highest BCUT2D eigenvalue weighted by Gasteiger charge is 2.28. The number of para-hydroxylation sites is 3. The number of fused-ring (bicyclic) bond motifs is 11. The van der Waals surface area contributed by atoms with Crippen LogP contribution in [0.1, 0.15) is 0 Å². The van der Waals surface area contributed by atoms with E-state index in [9.17, 15) is 0 Å². The maximum atomic E-state index is 5.28. The molecule has 4 heterocycles. The van der Waals surface area contributed by atoms with E-state index < -0.39 is 0 Å². The number of nitrogens with zero attached hydrogens (tertiary/aromatic N) is 5. The quantitative estimate of drug-likeness (QED) is 0.167. The van der Waals surface area contributed by atoms with Crippen LogP contribution in [0.4, 0.5) is 0 Å². The fraction of sp³-hybridized carbons (Fsp3) is 0. The molecule has 5 nitrogen and oxygen atoms in total. The van der Waals surface area contributed by atoms with Gasteiger partial charge in [0, 0.05) is 48.3 Å². The van der Waals surface area contributed by atoms with Crippen molar-refractivity contribution in [1.29, 1.82) is 0 Å². The summed E-state index contributed by atoms with van der Waals surface area (Å²) in [7, 11) is 0. The zero-order chi connectivity index (χ0) is 38.6. The summed E-state index contributed by atoms with van der Waals surface area (Å²) in [5, 5.41) is 10.9. The Balaban J connectivity index is 1.06. The van der Waals surface area contributed by atoms with Crippen molar-refractivity contribution in [3.8, 4) is 45.5 Å². The molecule has 0 aliphatic carbocycles. The monoisotopic (exact) mass is 769 g/mol. The molecule has 1 aliphatic heterocycles. The van der Waals surface area contributed by atoms with Gasteiger partial charge in [-0.25, -0.2) is 15.0 Å². The first-order valence-electron chi connectivity index (χ1n) is 19.9. The lowest BCUT2D eigenvalue weighted by Gasteiger charge is -2.22. The lowest BCUT2D eigenvalue weighted by atomic mass is 10.00. The van der Waals surface area contributed by atoms with E-state index in [0.29, 0.717) is 17.5 Å². The van der Waals surface area contributed by atoms with E-state index in [2.05, 4.69) is 197 Å². The number of aromatic nitrogens is 5. The molecule has 1 aliphatic rings. The van der Waals surface area contributed by atoms with E-state index in [4.69, 9.17) is 15.0 Å². The van der Waals surface area contributed by atoms with Crippen LogP contribution in [-0.4, -0.2) is 24.1 Å². The van der Waals surface area contributed by atoms with Gasteiger partial charge < -0.3 is 0 Å². The molecule has 0 bridgehead atoms. The van der Waals surface area contributed by atoms with E-state index in [1.165, 1.54) is 58.5 Å². The third-order valence-electron chi connectivity index (χ3n) is 11.9. The molecule has 0 atom stereocenters. The Labute approximate surface area is 342 Å². The molecule has 6 heteroatoms. The first-order valence-corrected chi connectivity index (χ1v) is 20.7. The maximum absolute atomic E-state index is 5.28. The van der Waals surface area contributed by atoms with Gasteiger partial charge in [0.25, 0.3) is 0 Å². The van der Waals surface area contributed by atoms with Gasteiger partial charge in [0.15, 0.2) is 17.5 Å². The van der Waals surface area contributed by atoms with Crippen molar-refractivity contribution in [2.24, 2.45) is 0 Å². The second-order valence-electron chi connectivity index (χ2n) is 15.2. The molecule has 12 aromatic rings. The predicted molar refractivity (Wildman–Crippen MR) is 244 cm³/mol. The lowest BCUT2D eigenvalue weighted by molar-refractivity contribution is 1.02. The predicted octanol–water partition coefficient (Wildman–Crippen LogP) is 13.8. The molecule has 274 valence electrons. The van der Waals surface area contributed by atoms with Crippen LogP contribution in [0.15, 0.2) is 198 Å². The number of benzene rings is 9. The fourth-order valence-corrected chi connectivity index (χ4v) is 10.3. The summed E-state index contributed by atoms with van der Waals surface area (Å²) >= 11 is 1.82. The molecule has 3 aromatic heterocycles. The zero-order valence-electron chi connectivity index (χ0n) is 31.5. The number of rotatable bonds is 4. The maximum Gasteiger partial charge on any atom is 0.164 e. The largest absolute Gasteiger partial charge is 0.295 e. The molecule has 0 saturated carbocycles. The molecule has 0 spiro atoms. The number of hydrogen-bond donors (Lipinski definition) is 0. The van der Waals surface area contributed by atoms with Crippen LogP contribution < -0.4 is 0 Å². The summed E-state index contributed by atoms with van der Waals surface area (Å²) < 4.78 is 4.89. The van der Waals surface area contributed by atoms with Gasteiger partial charge in [-0.2, -0.15) is 0 Å². The normalized spacial score (nSPS) is 12.3. The Kier molecular flexibility index (Phi) is 6.88. The van der Waals surface area contributed by atoms with Crippen molar-refractivity contribution in [2.75, 3.05) is 0 Å². The highest BCUT2D eigenvalue weighted by atomic mass is 32.2. The molecule has 0 saturated heterocycles. The topological polar surface area (TPSA) is 48.5 Å². The minimum atomic E-state index is 0.631. The molecule has 0 unspecified atom stereocenters. The summed E-state index contributed by atoms with van der Waals surface area (Å²) in [5.41, 5.74) is 8.61. The highest BCUT2D eigenvalue weighted by molar-refractivity contribution is 7.99. The minimum absolute atomic E-state index is 0.631. The van der Waals surface area contributed by atoms with Gasteiger partial charge in [0.1, 0.15) is 5.65 Å². The SMILES string of the molecule is c1ccc(-n2c3ccccc3c3c4cccc5c4n(c32)-c2cc(-c3nc(-c4ccc6ccccc6c4)nc(-c4ccc6c(ccc7ccccc76)c4)n3)ccc2S5)cc1. The average Bonchev–Trinajstić information content (AvgIpc) is 3.83. The molecule has 0 N–H and O–H groups in total. The molecule has 0 fully saturated rings. The van der Waals surface area contributed by atoms with Crippen molar-refractivity contribution in [3.63, 3.8) is 0 Å². The molecule has 59 heavy (non-hydrogen) atoms. The molecule has 0 amide bonds. The summed E-state index contributed by atoms with van der Waals surface area (Å²) in [5.74, 6) is 1.91. The second kappa shape index (κ2) is 12.5. The molecular formula is C53H31N5S. The highest BCUT2D eigenvalue weighted by Crippen LogP contribution is 2.50.